The summed E-state index contributed by atoms with van der Waals surface area (Å²) in [7, 11) is 3.14. The molecule has 0 fully saturated rings. The van der Waals surface area contributed by atoms with Gasteiger partial charge in [-0.2, -0.15) is 5.10 Å². The van der Waals surface area contributed by atoms with Crippen molar-refractivity contribution in [3.05, 3.63) is 82.0 Å². The van der Waals surface area contributed by atoms with E-state index in [0.717, 1.165) is 11.1 Å². The van der Waals surface area contributed by atoms with Gasteiger partial charge in [0.1, 0.15) is 17.3 Å². The van der Waals surface area contributed by atoms with Gasteiger partial charge in [-0.1, -0.05) is 12.1 Å². The number of amides is 1. The van der Waals surface area contributed by atoms with Gasteiger partial charge in [0.15, 0.2) is 10.4 Å². The zero-order valence-electron chi connectivity index (χ0n) is 16.3. The number of carbonyl (C=O) groups excluding carboxylic acids is 1. The van der Waals surface area contributed by atoms with E-state index < -0.39 is 11.9 Å². The molecule has 0 N–H and O–H groups in total. The van der Waals surface area contributed by atoms with Gasteiger partial charge in [0.2, 0.25) is 0 Å². The second-order valence-electron chi connectivity index (χ2n) is 6.64. The molecule has 0 saturated carbocycles. The molecule has 4 rings (SSSR count). The van der Waals surface area contributed by atoms with Gasteiger partial charge in [-0.25, -0.2) is 9.40 Å². The number of carbonyl (C=O) groups is 1. The first-order valence-corrected chi connectivity index (χ1v) is 9.93. The molecular formula is C22H18BrFN2O4. The lowest BCUT2D eigenvalue weighted by Gasteiger charge is -2.21. The summed E-state index contributed by atoms with van der Waals surface area (Å²) in [6, 6.07) is 14.3. The zero-order valence-corrected chi connectivity index (χ0v) is 17.8. The summed E-state index contributed by atoms with van der Waals surface area (Å²) in [5.41, 5.74) is 2.19. The van der Waals surface area contributed by atoms with Crippen molar-refractivity contribution in [1.82, 2.24) is 5.01 Å². The fourth-order valence-electron chi connectivity index (χ4n) is 3.38. The molecule has 1 aromatic heterocycles. The van der Waals surface area contributed by atoms with Crippen molar-refractivity contribution in [2.24, 2.45) is 5.10 Å². The van der Waals surface area contributed by atoms with Crippen molar-refractivity contribution < 1.29 is 23.1 Å². The lowest BCUT2D eigenvalue weighted by molar-refractivity contribution is 0.0677. The summed E-state index contributed by atoms with van der Waals surface area (Å²) in [4.78, 5) is 13.1. The van der Waals surface area contributed by atoms with Crippen molar-refractivity contribution in [1.29, 1.82) is 0 Å². The van der Waals surface area contributed by atoms with E-state index in [9.17, 15) is 9.18 Å². The molecule has 0 bridgehead atoms. The minimum absolute atomic E-state index is 0.153. The number of halogens is 2. The average molecular weight is 473 g/mol. The lowest BCUT2D eigenvalue weighted by Crippen LogP contribution is -2.26. The molecule has 2 aromatic carbocycles. The van der Waals surface area contributed by atoms with Gasteiger partial charge in [-0.05, 0) is 57.9 Å². The summed E-state index contributed by atoms with van der Waals surface area (Å²) in [5, 5.41) is 5.97. The zero-order chi connectivity index (χ0) is 21.3. The first-order chi connectivity index (χ1) is 14.5. The van der Waals surface area contributed by atoms with Gasteiger partial charge in [0.05, 0.1) is 26.0 Å². The number of hydrogen-bond acceptors (Lipinski definition) is 5. The highest BCUT2D eigenvalue weighted by Gasteiger charge is 2.35. The molecule has 0 unspecified atom stereocenters. The summed E-state index contributed by atoms with van der Waals surface area (Å²) in [5.74, 6) is 0.652. The van der Waals surface area contributed by atoms with Crippen LogP contribution in [0.3, 0.4) is 0 Å². The summed E-state index contributed by atoms with van der Waals surface area (Å²) in [6.07, 6.45) is 0.432. The Hall–Kier alpha value is -3.13. The largest absolute Gasteiger partial charge is 0.497 e. The van der Waals surface area contributed by atoms with E-state index in [1.165, 1.54) is 17.1 Å². The van der Waals surface area contributed by atoms with Crippen molar-refractivity contribution in [2.45, 2.75) is 12.5 Å². The molecule has 30 heavy (non-hydrogen) atoms. The Morgan fingerprint density at radius 3 is 2.53 bits per heavy atom. The molecule has 0 radical (unpaired) electrons. The molecular weight excluding hydrogens is 455 g/mol. The molecule has 1 aliphatic rings. The topological polar surface area (TPSA) is 64.3 Å². The molecule has 6 nitrogen and oxygen atoms in total. The molecule has 1 amide bonds. The number of ether oxygens (including phenoxy) is 2. The van der Waals surface area contributed by atoms with Crippen LogP contribution in [0.4, 0.5) is 4.39 Å². The van der Waals surface area contributed by atoms with Crippen molar-refractivity contribution >= 4 is 27.5 Å². The van der Waals surface area contributed by atoms with Gasteiger partial charge < -0.3 is 13.9 Å². The van der Waals surface area contributed by atoms with E-state index >= 15 is 0 Å². The highest BCUT2D eigenvalue weighted by molar-refractivity contribution is 9.10. The van der Waals surface area contributed by atoms with Gasteiger partial charge in [-0.3, -0.25) is 4.79 Å². The third-order valence-electron chi connectivity index (χ3n) is 4.88. The molecule has 1 atom stereocenters. The minimum atomic E-state index is -0.413. The number of hydrazone groups is 1. The normalized spacial score (nSPS) is 15.8. The van der Waals surface area contributed by atoms with Crippen LogP contribution in [0, 0.1) is 5.82 Å². The molecule has 0 saturated heterocycles. The Morgan fingerprint density at radius 2 is 1.90 bits per heavy atom. The lowest BCUT2D eigenvalue weighted by atomic mass is 9.97. The van der Waals surface area contributed by atoms with E-state index in [-0.39, 0.29) is 11.6 Å². The molecule has 0 aliphatic carbocycles. The van der Waals surface area contributed by atoms with E-state index in [0.29, 0.717) is 28.3 Å². The van der Waals surface area contributed by atoms with Crippen LogP contribution in [0.1, 0.15) is 34.1 Å². The highest BCUT2D eigenvalue weighted by atomic mass is 79.9. The van der Waals surface area contributed by atoms with Gasteiger partial charge in [0, 0.05) is 18.1 Å². The highest BCUT2D eigenvalue weighted by Crippen LogP contribution is 2.37. The van der Waals surface area contributed by atoms with Crippen LogP contribution >= 0.6 is 15.9 Å². The van der Waals surface area contributed by atoms with Gasteiger partial charge in [0.25, 0.3) is 0 Å². The Kier molecular flexibility index (Phi) is 5.59. The van der Waals surface area contributed by atoms with Crippen LogP contribution < -0.4 is 9.47 Å². The number of methoxy groups -OCH3 is 2. The van der Waals surface area contributed by atoms with Crippen LogP contribution in [0.2, 0.25) is 0 Å². The number of furan rings is 1. The quantitative estimate of drug-likeness (QED) is 0.512. The molecule has 154 valence electrons. The molecule has 8 heteroatoms. The van der Waals surface area contributed by atoms with Crippen LogP contribution in [-0.2, 0) is 0 Å². The number of rotatable bonds is 5. The molecule has 0 spiro atoms. The van der Waals surface area contributed by atoms with Crippen molar-refractivity contribution in [3.63, 3.8) is 0 Å². The summed E-state index contributed by atoms with van der Waals surface area (Å²) >= 11 is 3.21. The third kappa shape index (κ3) is 3.82. The number of benzene rings is 2. The van der Waals surface area contributed by atoms with Crippen molar-refractivity contribution in [3.8, 4) is 11.5 Å². The first-order valence-electron chi connectivity index (χ1n) is 9.14. The molecule has 2 heterocycles. The Labute approximate surface area is 181 Å². The summed E-state index contributed by atoms with van der Waals surface area (Å²) < 4.78 is 30.1. The van der Waals surface area contributed by atoms with Crippen LogP contribution in [0.25, 0.3) is 0 Å². The monoisotopic (exact) mass is 472 g/mol. The third-order valence-corrected chi connectivity index (χ3v) is 5.30. The SMILES string of the molecule is COc1ccc(C2=NN(C(=O)c3ccc(Br)o3)[C@H](c3ccc(F)cc3)C2)c(OC)c1. The van der Waals surface area contributed by atoms with E-state index in [4.69, 9.17) is 13.9 Å². The predicted molar refractivity (Wildman–Crippen MR) is 112 cm³/mol. The van der Waals surface area contributed by atoms with Crippen LogP contribution in [0.5, 0.6) is 11.5 Å². The average Bonchev–Trinajstić information content (AvgIpc) is 3.40. The molecule has 1 aliphatic heterocycles. The maximum Gasteiger partial charge on any atom is 0.310 e. The van der Waals surface area contributed by atoms with E-state index in [1.54, 1.807) is 50.6 Å². The standard InChI is InChI=1S/C22H18BrFN2O4/c1-28-15-7-8-16(20(11-15)29-2)17-12-18(13-3-5-14(24)6-4-13)26(25-17)22(27)19-9-10-21(23)30-19/h3-11,18H,12H2,1-2H3/t18-/m0/s1. The predicted octanol–water partition coefficient (Wildman–Crippen LogP) is 5.19. The maximum atomic E-state index is 13.5. The first kappa shape index (κ1) is 20.2. The second kappa shape index (κ2) is 8.31. The Bertz CT molecular complexity index is 1110. The number of hydrogen-bond donors (Lipinski definition) is 0. The molecule has 3 aromatic rings. The Morgan fingerprint density at radius 1 is 1.13 bits per heavy atom. The van der Waals surface area contributed by atoms with Crippen molar-refractivity contribution in [2.75, 3.05) is 14.2 Å². The van der Waals surface area contributed by atoms with Gasteiger partial charge in [-0.15, -0.1) is 0 Å². The smallest absolute Gasteiger partial charge is 0.310 e. The minimum Gasteiger partial charge on any atom is -0.497 e. The fourth-order valence-corrected chi connectivity index (χ4v) is 3.69. The maximum absolute atomic E-state index is 13.5. The van der Waals surface area contributed by atoms with E-state index in [1.807, 2.05) is 6.07 Å². The van der Waals surface area contributed by atoms with E-state index in [2.05, 4.69) is 21.0 Å². The fraction of sp³-hybridized carbons (Fsp3) is 0.182. The second-order valence-corrected chi connectivity index (χ2v) is 7.42. The van der Waals surface area contributed by atoms with Crippen LogP contribution in [-0.4, -0.2) is 30.8 Å². The van der Waals surface area contributed by atoms with Gasteiger partial charge >= 0.3 is 5.91 Å². The Balaban J connectivity index is 1.75. The van der Waals surface area contributed by atoms with Crippen LogP contribution in [0.15, 0.2) is 68.8 Å². The number of nitrogens with zero attached hydrogens (tertiary/aromatic N) is 2. The summed E-state index contributed by atoms with van der Waals surface area (Å²) in [6.45, 7) is 0.